The Kier molecular flexibility index (Phi) is 2.97. The lowest BCUT2D eigenvalue weighted by atomic mass is 9.87. The number of hydrogen-bond donors (Lipinski definition) is 0. The highest BCUT2D eigenvalue weighted by Gasteiger charge is 2.42. The lowest BCUT2D eigenvalue weighted by Gasteiger charge is -2.29. The largest absolute Gasteiger partial charge is 0.359 e. The van der Waals surface area contributed by atoms with E-state index in [0.717, 1.165) is 6.54 Å². The molecule has 0 bridgehead atoms. The van der Waals surface area contributed by atoms with Gasteiger partial charge in [-0.15, -0.1) is 0 Å². The van der Waals surface area contributed by atoms with Crippen LogP contribution in [-0.4, -0.2) is 10.6 Å². The highest BCUT2D eigenvalue weighted by atomic mass is 127. The van der Waals surface area contributed by atoms with Crippen molar-refractivity contribution in [3.05, 3.63) is 29.8 Å². The minimum absolute atomic E-state index is 0.270. The fourth-order valence-electron chi connectivity index (χ4n) is 2.38. The van der Waals surface area contributed by atoms with Crippen molar-refractivity contribution in [2.24, 2.45) is 0 Å². The summed E-state index contributed by atoms with van der Waals surface area (Å²) >= 11 is 2.58. The van der Waals surface area contributed by atoms with Gasteiger partial charge < -0.3 is 4.90 Å². The number of halogens is 1. The van der Waals surface area contributed by atoms with Crippen LogP contribution in [0.3, 0.4) is 0 Å². The number of benzene rings is 1. The molecule has 1 aliphatic rings. The van der Waals surface area contributed by atoms with Gasteiger partial charge in [-0.1, -0.05) is 61.6 Å². The Morgan fingerprint density at radius 1 is 1.33 bits per heavy atom. The van der Waals surface area contributed by atoms with E-state index in [1.165, 1.54) is 17.7 Å². The Morgan fingerprint density at radius 2 is 2.00 bits per heavy atom. The molecule has 0 N–H and O–H groups in total. The van der Waals surface area contributed by atoms with Gasteiger partial charge in [-0.25, -0.2) is 0 Å². The number of rotatable bonds is 2. The van der Waals surface area contributed by atoms with Crippen LogP contribution in [-0.2, 0) is 5.41 Å². The number of nitrogens with zero attached hydrogens (tertiary/aromatic N) is 1. The van der Waals surface area contributed by atoms with Crippen molar-refractivity contribution in [1.82, 2.24) is 0 Å². The normalized spacial score (nSPS) is 22.9. The second kappa shape index (κ2) is 3.96. The average Bonchev–Trinajstić information content (AvgIpc) is 2.42. The molecule has 0 saturated carbocycles. The highest BCUT2D eigenvalue weighted by Crippen LogP contribution is 2.47. The summed E-state index contributed by atoms with van der Waals surface area (Å²) in [5, 5.41) is 0. The molecule has 0 radical (unpaired) electrons. The summed E-state index contributed by atoms with van der Waals surface area (Å²) in [6.07, 6.45) is 1.21. The number of hydrogen-bond acceptors (Lipinski definition) is 1. The molecule has 0 saturated heterocycles. The second-order valence-electron chi connectivity index (χ2n) is 4.77. The molecular weight excluding hydrogens is 297 g/mol. The summed E-state index contributed by atoms with van der Waals surface area (Å²) < 4.78 is 0.576. The maximum atomic E-state index is 2.58. The molecule has 2 heteroatoms. The van der Waals surface area contributed by atoms with E-state index < -0.39 is 0 Å². The van der Waals surface area contributed by atoms with E-state index >= 15 is 0 Å². The van der Waals surface area contributed by atoms with E-state index in [9.17, 15) is 0 Å². The summed E-state index contributed by atoms with van der Waals surface area (Å²) in [5.41, 5.74) is 3.20. The van der Waals surface area contributed by atoms with E-state index in [0.29, 0.717) is 4.05 Å². The van der Waals surface area contributed by atoms with Gasteiger partial charge in [-0.3, -0.25) is 0 Å². The summed E-state index contributed by atoms with van der Waals surface area (Å²) in [5.74, 6) is 0. The molecular formula is C13H18IN. The van der Waals surface area contributed by atoms with Crippen LogP contribution < -0.4 is 4.90 Å². The Balaban J connectivity index is 2.47. The van der Waals surface area contributed by atoms with Gasteiger partial charge in [0, 0.05) is 17.6 Å². The third-order valence-electron chi connectivity index (χ3n) is 3.24. The SMILES string of the molecule is CCCN1c2ccccc2C(C)(C)C1I. The molecule has 0 amide bonds. The smallest absolute Gasteiger partial charge is 0.0901 e. The fraction of sp³-hybridized carbons (Fsp3) is 0.538. The quantitative estimate of drug-likeness (QED) is 0.454. The zero-order valence-corrected chi connectivity index (χ0v) is 11.8. The van der Waals surface area contributed by atoms with E-state index in [-0.39, 0.29) is 5.41 Å². The van der Waals surface area contributed by atoms with Crippen molar-refractivity contribution in [3.8, 4) is 0 Å². The summed E-state index contributed by atoms with van der Waals surface area (Å²) in [7, 11) is 0. The second-order valence-corrected chi connectivity index (χ2v) is 5.95. The maximum Gasteiger partial charge on any atom is 0.0901 e. The molecule has 15 heavy (non-hydrogen) atoms. The predicted octanol–water partition coefficient (Wildman–Crippen LogP) is 3.96. The van der Waals surface area contributed by atoms with Crippen LogP contribution in [0.15, 0.2) is 24.3 Å². The third-order valence-corrected chi connectivity index (χ3v) is 5.47. The molecule has 1 aromatic rings. The maximum absolute atomic E-state index is 2.58. The van der Waals surface area contributed by atoms with Crippen molar-refractivity contribution in [1.29, 1.82) is 0 Å². The molecule has 1 nitrogen and oxygen atoms in total. The van der Waals surface area contributed by atoms with Crippen LogP contribution in [0.2, 0.25) is 0 Å². The third kappa shape index (κ3) is 1.67. The molecule has 0 fully saturated rings. The van der Waals surface area contributed by atoms with Crippen molar-refractivity contribution < 1.29 is 0 Å². The van der Waals surface area contributed by atoms with Crippen molar-refractivity contribution in [2.45, 2.75) is 36.7 Å². The lowest BCUT2D eigenvalue weighted by molar-refractivity contribution is 0.532. The van der Waals surface area contributed by atoms with Crippen molar-refractivity contribution >= 4 is 28.3 Å². The molecule has 1 unspecified atom stereocenters. The molecule has 82 valence electrons. The van der Waals surface area contributed by atoms with Crippen LogP contribution in [0.25, 0.3) is 0 Å². The van der Waals surface area contributed by atoms with Gasteiger partial charge in [0.05, 0.1) is 4.05 Å². The highest BCUT2D eigenvalue weighted by molar-refractivity contribution is 14.1. The van der Waals surface area contributed by atoms with Gasteiger partial charge in [0.15, 0.2) is 0 Å². The Labute approximate surface area is 106 Å². The molecule has 1 heterocycles. The summed E-state index contributed by atoms with van der Waals surface area (Å²) in [4.78, 5) is 2.54. The predicted molar refractivity (Wildman–Crippen MR) is 74.9 cm³/mol. The average molecular weight is 315 g/mol. The summed E-state index contributed by atoms with van der Waals surface area (Å²) in [6, 6.07) is 8.83. The number of anilines is 1. The first-order chi connectivity index (χ1) is 7.09. The standard InChI is InChI=1S/C13H18IN/c1-4-9-15-11-8-6-5-7-10(11)13(2,3)12(15)14/h5-8,12H,4,9H2,1-3H3. The van der Waals surface area contributed by atoms with E-state index in [1.807, 2.05) is 0 Å². The van der Waals surface area contributed by atoms with Gasteiger partial charge in [0.25, 0.3) is 0 Å². The van der Waals surface area contributed by atoms with Gasteiger partial charge in [0.2, 0.25) is 0 Å². The van der Waals surface area contributed by atoms with E-state index in [1.54, 1.807) is 0 Å². The molecule has 1 aliphatic heterocycles. The van der Waals surface area contributed by atoms with Gasteiger partial charge in [-0.2, -0.15) is 0 Å². The number of fused-ring (bicyclic) bond motifs is 1. The Bertz CT molecular complexity index is 359. The zero-order chi connectivity index (χ0) is 11.1. The molecule has 0 spiro atoms. The number of alkyl halides is 1. The van der Waals surface area contributed by atoms with Crippen molar-refractivity contribution in [3.63, 3.8) is 0 Å². The minimum atomic E-state index is 0.270. The van der Waals surface area contributed by atoms with Gasteiger partial charge >= 0.3 is 0 Å². The molecule has 1 aromatic carbocycles. The van der Waals surface area contributed by atoms with Crippen LogP contribution in [0, 0.1) is 0 Å². The van der Waals surface area contributed by atoms with Crippen LogP contribution in [0.1, 0.15) is 32.8 Å². The first kappa shape index (κ1) is 11.2. The first-order valence-corrected chi connectivity index (χ1v) is 6.84. The summed E-state index contributed by atoms with van der Waals surface area (Å²) in [6.45, 7) is 8.10. The van der Waals surface area contributed by atoms with Crippen LogP contribution >= 0.6 is 22.6 Å². The lowest BCUT2D eigenvalue weighted by Crippen LogP contribution is -2.36. The van der Waals surface area contributed by atoms with Crippen LogP contribution in [0.4, 0.5) is 5.69 Å². The monoisotopic (exact) mass is 315 g/mol. The van der Waals surface area contributed by atoms with Gasteiger partial charge in [-0.05, 0) is 18.1 Å². The fourth-order valence-corrected chi connectivity index (χ4v) is 3.30. The van der Waals surface area contributed by atoms with E-state index in [4.69, 9.17) is 0 Å². The molecule has 0 aromatic heterocycles. The topological polar surface area (TPSA) is 3.24 Å². The number of para-hydroxylation sites is 1. The van der Waals surface area contributed by atoms with E-state index in [2.05, 4.69) is 72.5 Å². The van der Waals surface area contributed by atoms with Gasteiger partial charge in [0.1, 0.15) is 0 Å². The molecule has 1 atom stereocenters. The Hall–Kier alpha value is -0.250. The first-order valence-electron chi connectivity index (χ1n) is 5.59. The Morgan fingerprint density at radius 3 is 2.67 bits per heavy atom. The molecule has 2 rings (SSSR count). The molecule has 0 aliphatic carbocycles. The van der Waals surface area contributed by atoms with Crippen LogP contribution in [0.5, 0.6) is 0 Å². The zero-order valence-electron chi connectivity index (χ0n) is 9.63. The minimum Gasteiger partial charge on any atom is -0.359 e. The van der Waals surface area contributed by atoms with Crippen molar-refractivity contribution in [2.75, 3.05) is 11.4 Å².